The van der Waals surface area contributed by atoms with Gasteiger partial charge in [-0.05, 0) is 91.5 Å². The number of unbranched alkanes of at least 4 members (excludes halogenated alkanes) is 1. The molecule has 3 aromatic rings. The number of nitrogens with zero attached hydrogens (tertiary/aromatic N) is 1. The zero-order valence-electron chi connectivity index (χ0n) is 18.8. The maximum absolute atomic E-state index is 13.9. The first-order valence-electron chi connectivity index (χ1n) is 11.8. The van der Waals surface area contributed by atoms with Crippen molar-refractivity contribution in [3.8, 4) is 0 Å². The third-order valence-electron chi connectivity index (χ3n) is 6.68. The van der Waals surface area contributed by atoms with E-state index in [1.807, 2.05) is 24.4 Å². The van der Waals surface area contributed by atoms with Crippen molar-refractivity contribution in [1.29, 1.82) is 0 Å². The van der Waals surface area contributed by atoms with Crippen LogP contribution < -0.4 is 5.32 Å². The van der Waals surface area contributed by atoms with Crippen molar-refractivity contribution >= 4 is 5.91 Å². The predicted octanol–water partition coefficient (Wildman–Crippen LogP) is 5.98. The molecule has 2 aromatic carbocycles. The Morgan fingerprint density at radius 3 is 2.33 bits per heavy atom. The number of hydrogen-bond acceptors (Lipinski definition) is 2. The standard InChI is InChI=1S/C28H30F2N2O/c29-25-12-3-9-22(17-25)28(23-10-4-13-26(30)18-23)19-24(28)11-5-14-27(33)32-16-2-1-7-21-8-6-15-31-20-21/h3-4,6,8-10,12-13,15,17-18,20,24H,1-2,5,7,11,14,16,19H2,(H,32,33)/t24-/m0/s1. The van der Waals surface area contributed by atoms with Crippen LogP contribution >= 0.6 is 0 Å². The van der Waals surface area contributed by atoms with Crippen LogP contribution in [0.15, 0.2) is 73.1 Å². The van der Waals surface area contributed by atoms with Gasteiger partial charge in [0.05, 0.1) is 0 Å². The number of pyridine rings is 1. The average Bonchev–Trinajstić information content (AvgIpc) is 3.55. The summed E-state index contributed by atoms with van der Waals surface area (Å²) in [6, 6.07) is 17.3. The highest BCUT2D eigenvalue weighted by Crippen LogP contribution is 2.61. The van der Waals surface area contributed by atoms with Gasteiger partial charge >= 0.3 is 0 Å². The number of rotatable bonds is 11. The Morgan fingerprint density at radius 1 is 0.970 bits per heavy atom. The summed E-state index contributed by atoms with van der Waals surface area (Å²) in [6.07, 6.45) is 9.49. The van der Waals surface area contributed by atoms with E-state index in [4.69, 9.17) is 0 Å². The van der Waals surface area contributed by atoms with Gasteiger partial charge in [0.2, 0.25) is 5.91 Å². The van der Waals surface area contributed by atoms with E-state index in [0.717, 1.165) is 49.7 Å². The largest absolute Gasteiger partial charge is 0.356 e. The minimum absolute atomic E-state index is 0.0686. The molecular formula is C28H30F2N2O. The minimum atomic E-state index is -0.368. The molecule has 0 bridgehead atoms. The Bertz CT molecular complexity index is 1020. The summed E-state index contributed by atoms with van der Waals surface area (Å²) < 4.78 is 27.9. The normalized spacial score (nSPS) is 16.4. The topological polar surface area (TPSA) is 42.0 Å². The van der Waals surface area contributed by atoms with Crippen molar-refractivity contribution in [3.05, 3.63) is 101 Å². The lowest BCUT2D eigenvalue weighted by atomic mass is 9.84. The minimum Gasteiger partial charge on any atom is -0.356 e. The Labute approximate surface area is 194 Å². The molecule has 4 rings (SSSR count). The average molecular weight is 449 g/mol. The van der Waals surface area contributed by atoms with Gasteiger partial charge in [0, 0.05) is 30.8 Å². The molecule has 5 heteroatoms. The second-order valence-electron chi connectivity index (χ2n) is 8.95. The molecule has 1 amide bonds. The number of aryl methyl sites for hydroxylation is 1. The van der Waals surface area contributed by atoms with E-state index in [-0.39, 0.29) is 28.9 Å². The van der Waals surface area contributed by atoms with Crippen molar-refractivity contribution in [1.82, 2.24) is 10.3 Å². The molecule has 1 aliphatic rings. The number of carbonyl (C=O) groups is 1. The molecule has 1 fully saturated rings. The van der Waals surface area contributed by atoms with Gasteiger partial charge in [0.1, 0.15) is 11.6 Å². The molecule has 0 aliphatic heterocycles. The SMILES string of the molecule is O=C(CCC[C@H]1CC1(c1cccc(F)c1)c1cccc(F)c1)NCCCCc1cccnc1. The van der Waals surface area contributed by atoms with Gasteiger partial charge in [-0.3, -0.25) is 9.78 Å². The first kappa shape index (κ1) is 23.1. The van der Waals surface area contributed by atoms with Gasteiger partial charge < -0.3 is 5.32 Å². The quantitative estimate of drug-likeness (QED) is 0.367. The fourth-order valence-electron chi connectivity index (χ4n) is 4.91. The molecule has 0 unspecified atom stereocenters. The van der Waals surface area contributed by atoms with Gasteiger partial charge in [-0.25, -0.2) is 8.78 Å². The first-order valence-corrected chi connectivity index (χ1v) is 11.8. The maximum Gasteiger partial charge on any atom is 0.219 e. The lowest BCUT2D eigenvalue weighted by molar-refractivity contribution is -0.121. The molecule has 1 N–H and O–H groups in total. The van der Waals surface area contributed by atoms with Crippen molar-refractivity contribution in [2.75, 3.05) is 6.54 Å². The molecule has 1 aromatic heterocycles. The van der Waals surface area contributed by atoms with Crippen molar-refractivity contribution in [3.63, 3.8) is 0 Å². The van der Waals surface area contributed by atoms with E-state index in [1.165, 1.54) is 17.7 Å². The second kappa shape index (κ2) is 10.7. The highest BCUT2D eigenvalue weighted by atomic mass is 19.1. The van der Waals surface area contributed by atoms with Crippen molar-refractivity contribution < 1.29 is 13.6 Å². The van der Waals surface area contributed by atoms with Gasteiger partial charge in [-0.1, -0.05) is 30.3 Å². The summed E-state index contributed by atoms with van der Waals surface area (Å²) in [5, 5.41) is 3.01. The predicted molar refractivity (Wildman–Crippen MR) is 126 cm³/mol. The fraction of sp³-hybridized carbons (Fsp3) is 0.357. The van der Waals surface area contributed by atoms with Crippen LogP contribution in [0.5, 0.6) is 0 Å². The van der Waals surface area contributed by atoms with Crippen LogP contribution in [0.25, 0.3) is 0 Å². The van der Waals surface area contributed by atoms with E-state index >= 15 is 0 Å². The highest BCUT2D eigenvalue weighted by Gasteiger charge is 2.55. The zero-order valence-corrected chi connectivity index (χ0v) is 18.8. The van der Waals surface area contributed by atoms with E-state index in [0.29, 0.717) is 13.0 Å². The Morgan fingerprint density at radius 2 is 1.70 bits per heavy atom. The molecule has 0 spiro atoms. The number of hydrogen-bond donors (Lipinski definition) is 1. The number of aromatic nitrogens is 1. The van der Waals surface area contributed by atoms with Crippen LogP contribution in [0.4, 0.5) is 8.78 Å². The Balaban J connectivity index is 1.24. The smallest absolute Gasteiger partial charge is 0.219 e. The van der Waals surface area contributed by atoms with Crippen LogP contribution in [-0.2, 0) is 16.6 Å². The summed E-state index contributed by atoms with van der Waals surface area (Å²) in [5.41, 5.74) is 2.62. The lowest BCUT2D eigenvalue weighted by Crippen LogP contribution is -2.24. The molecule has 3 nitrogen and oxygen atoms in total. The third kappa shape index (κ3) is 5.84. The van der Waals surface area contributed by atoms with E-state index < -0.39 is 0 Å². The van der Waals surface area contributed by atoms with Crippen LogP contribution in [0.3, 0.4) is 0 Å². The monoisotopic (exact) mass is 448 g/mol. The summed E-state index contributed by atoms with van der Waals surface area (Å²) in [7, 11) is 0. The first-order chi connectivity index (χ1) is 16.1. The number of benzene rings is 2. The molecule has 1 aliphatic carbocycles. The van der Waals surface area contributed by atoms with Crippen LogP contribution in [-0.4, -0.2) is 17.4 Å². The van der Waals surface area contributed by atoms with Crippen LogP contribution in [0.1, 0.15) is 55.2 Å². The third-order valence-corrected chi connectivity index (χ3v) is 6.68. The Kier molecular flexibility index (Phi) is 7.48. The molecule has 0 radical (unpaired) electrons. The molecule has 33 heavy (non-hydrogen) atoms. The maximum atomic E-state index is 13.9. The van der Waals surface area contributed by atoms with Gasteiger partial charge in [-0.2, -0.15) is 0 Å². The van der Waals surface area contributed by atoms with Gasteiger partial charge in [0.25, 0.3) is 0 Å². The van der Waals surface area contributed by atoms with E-state index in [9.17, 15) is 13.6 Å². The summed E-state index contributed by atoms with van der Waals surface area (Å²) in [5.74, 6) is -0.221. The molecule has 172 valence electrons. The van der Waals surface area contributed by atoms with Gasteiger partial charge in [0.15, 0.2) is 0 Å². The van der Waals surface area contributed by atoms with E-state index in [2.05, 4.69) is 16.4 Å². The van der Waals surface area contributed by atoms with E-state index in [1.54, 1.807) is 30.5 Å². The van der Waals surface area contributed by atoms with Crippen LogP contribution in [0, 0.1) is 17.6 Å². The number of carbonyl (C=O) groups excluding carboxylic acids is 1. The van der Waals surface area contributed by atoms with Gasteiger partial charge in [-0.15, -0.1) is 0 Å². The summed E-state index contributed by atoms with van der Waals surface area (Å²) in [4.78, 5) is 16.4. The number of nitrogens with one attached hydrogen (secondary N) is 1. The Hall–Kier alpha value is -3.08. The molecule has 1 atom stereocenters. The summed E-state index contributed by atoms with van der Waals surface area (Å²) >= 11 is 0. The highest BCUT2D eigenvalue weighted by molar-refractivity contribution is 5.75. The molecule has 1 heterocycles. The summed E-state index contributed by atoms with van der Waals surface area (Å²) in [6.45, 7) is 0.680. The number of amides is 1. The molecule has 0 saturated heterocycles. The van der Waals surface area contributed by atoms with Crippen molar-refractivity contribution in [2.45, 2.75) is 50.4 Å². The molecular weight excluding hydrogens is 418 g/mol. The second-order valence-corrected chi connectivity index (χ2v) is 8.95. The molecule has 1 saturated carbocycles. The van der Waals surface area contributed by atoms with Crippen LogP contribution in [0.2, 0.25) is 0 Å². The zero-order chi connectivity index (χ0) is 23.1. The lowest BCUT2D eigenvalue weighted by Gasteiger charge is -2.19. The number of halogens is 2. The fourth-order valence-corrected chi connectivity index (χ4v) is 4.91. The van der Waals surface area contributed by atoms with Crippen molar-refractivity contribution in [2.24, 2.45) is 5.92 Å².